The molecule has 4 aromatic heterocycles. The number of carbonyl (C=O) groups is 1. The molecule has 0 bridgehead atoms. The lowest BCUT2D eigenvalue weighted by atomic mass is 10.2. The van der Waals surface area contributed by atoms with Crippen LogP contribution in [0.3, 0.4) is 0 Å². The van der Waals surface area contributed by atoms with Gasteiger partial charge in [0.1, 0.15) is 31.6 Å². The van der Waals surface area contributed by atoms with E-state index >= 15 is 0 Å². The van der Waals surface area contributed by atoms with Crippen molar-refractivity contribution in [3.63, 3.8) is 0 Å². The van der Waals surface area contributed by atoms with Crippen LogP contribution >= 0.6 is 34.5 Å². The average molecular weight is 536 g/mol. The van der Waals surface area contributed by atoms with Crippen LogP contribution in [0, 0.1) is 0 Å². The third kappa shape index (κ3) is 4.31. The van der Waals surface area contributed by atoms with E-state index in [1.165, 1.54) is 16.8 Å². The number of fused-ring (bicyclic) bond motifs is 1. The number of hydrogen-bond donors (Lipinski definition) is 2. The zero-order chi connectivity index (χ0) is 24.7. The molecule has 0 aliphatic rings. The number of amides is 1. The molecular formula is C21H13Cl2F2N7O2S. The molecule has 0 fully saturated rings. The number of para-hydroxylation sites is 1. The lowest BCUT2D eigenvalue weighted by Crippen LogP contribution is -2.14. The lowest BCUT2D eigenvalue weighted by Gasteiger charge is -2.06. The molecule has 0 aliphatic carbocycles. The fourth-order valence-corrected chi connectivity index (χ4v) is 4.74. The number of anilines is 1. The van der Waals surface area contributed by atoms with Gasteiger partial charge in [-0.15, -0.1) is 16.4 Å². The second-order valence-corrected chi connectivity index (χ2v) is 9.05. The van der Waals surface area contributed by atoms with Crippen molar-refractivity contribution in [3.05, 3.63) is 63.5 Å². The summed E-state index contributed by atoms with van der Waals surface area (Å²) in [5.41, 5.74) is 1.09. The molecule has 14 heteroatoms. The summed E-state index contributed by atoms with van der Waals surface area (Å²) in [7, 11) is 1.55. The topological polar surface area (TPSA) is 110 Å². The number of nitrogens with one attached hydrogen (secondary N) is 2. The predicted octanol–water partition coefficient (Wildman–Crippen LogP) is 5.75. The molecule has 0 saturated carbocycles. The number of halogens is 4. The smallest absolute Gasteiger partial charge is 0.282 e. The fourth-order valence-electron chi connectivity index (χ4n) is 3.34. The summed E-state index contributed by atoms with van der Waals surface area (Å²) in [6, 6.07) is 10.3. The first-order valence-corrected chi connectivity index (χ1v) is 11.4. The third-order valence-corrected chi connectivity index (χ3v) is 6.50. The zero-order valence-electron chi connectivity index (χ0n) is 17.6. The first kappa shape index (κ1) is 23.1. The predicted molar refractivity (Wildman–Crippen MR) is 128 cm³/mol. The van der Waals surface area contributed by atoms with Gasteiger partial charge in [0.2, 0.25) is 0 Å². The second-order valence-electron chi connectivity index (χ2n) is 7.06. The quantitative estimate of drug-likeness (QED) is 0.268. The van der Waals surface area contributed by atoms with E-state index in [1.807, 2.05) is 18.2 Å². The molecule has 35 heavy (non-hydrogen) atoms. The molecule has 4 heterocycles. The van der Waals surface area contributed by atoms with Crippen LogP contribution in [0.1, 0.15) is 22.6 Å². The number of aromatic nitrogens is 6. The SMILES string of the molecule is COc1ccccc1-c1nc2cc(NC(=O)c3[nH]ncc3-c3nc(C(F)F)c(Cl)s3)cc(Cl)n2n1. The monoisotopic (exact) mass is 535 g/mol. The van der Waals surface area contributed by atoms with Crippen LogP contribution in [0.25, 0.3) is 27.6 Å². The van der Waals surface area contributed by atoms with Gasteiger partial charge in [0, 0.05) is 11.8 Å². The van der Waals surface area contributed by atoms with Gasteiger partial charge in [-0.1, -0.05) is 35.3 Å². The molecule has 5 rings (SSSR count). The number of methoxy groups -OCH3 is 1. The highest BCUT2D eigenvalue weighted by atomic mass is 35.5. The summed E-state index contributed by atoms with van der Waals surface area (Å²) in [6.45, 7) is 0. The van der Waals surface area contributed by atoms with E-state index in [2.05, 4.69) is 30.6 Å². The van der Waals surface area contributed by atoms with Gasteiger partial charge in [0.15, 0.2) is 11.5 Å². The molecule has 9 nitrogen and oxygen atoms in total. The molecule has 2 N–H and O–H groups in total. The van der Waals surface area contributed by atoms with E-state index in [1.54, 1.807) is 19.2 Å². The summed E-state index contributed by atoms with van der Waals surface area (Å²) in [5.74, 6) is 0.392. The molecule has 1 aromatic carbocycles. The summed E-state index contributed by atoms with van der Waals surface area (Å²) >= 11 is 13.1. The van der Waals surface area contributed by atoms with Crippen molar-refractivity contribution >= 4 is 51.8 Å². The van der Waals surface area contributed by atoms with E-state index in [4.69, 9.17) is 27.9 Å². The van der Waals surface area contributed by atoms with Crippen LogP contribution in [-0.2, 0) is 0 Å². The Labute approximate surface area is 209 Å². The van der Waals surface area contributed by atoms with Crippen molar-refractivity contribution in [1.29, 1.82) is 0 Å². The highest BCUT2D eigenvalue weighted by Gasteiger charge is 2.24. The number of H-pyrrole nitrogens is 1. The Kier molecular flexibility index (Phi) is 6.09. The number of rotatable bonds is 6. The Morgan fingerprint density at radius 1 is 1.20 bits per heavy atom. The summed E-state index contributed by atoms with van der Waals surface area (Å²) in [6.07, 6.45) is -1.53. The number of nitrogens with zero attached hydrogens (tertiary/aromatic N) is 5. The van der Waals surface area contributed by atoms with Crippen LogP contribution in [0.5, 0.6) is 5.75 Å². The number of thiazole rings is 1. The Bertz CT molecular complexity index is 1570. The third-order valence-electron chi connectivity index (χ3n) is 4.91. The minimum atomic E-state index is -2.84. The average Bonchev–Trinajstić information content (AvgIpc) is 3.56. The van der Waals surface area contributed by atoms with Gasteiger partial charge >= 0.3 is 0 Å². The van der Waals surface area contributed by atoms with E-state index in [0.29, 0.717) is 28.5 Å². The highest BCUT2D eigenvalue weighted by molar-refractivity contribution is 7.19. The molecule has 178 valence electrons. The summed E-state index contributed by atoms with van der Waals surface area (Å²) in [4.78, 5) is 21.3. The molecule has 5 aromatic rings. The summed E-state index contributed by atoms with van der Waals surface area (Å²) in [5, 5.41) is 13.9. The maximum atomic E-state index is 13.1. The Morgan fingerprint density at radius 2 is 2.00 bits per heavy atom. The van der Waals surface area contributed by atoms with E-state index in [9.17, 15) is 13.6 Å². The van der Waals surface area contributed by atoms with Gasteiger partial charge < -0.3 is 10.1 Å². The van der Waals surface area contributed by atoms with Gasteiger partial charge in [-0.2, -0.15) is 5.10 Å². The molecule has 0 aliphatic heterocycles. The van der Waals surface area contributed by atoms with Gasteiger partial charge in [-0.05, 0) is 18.2 Å². The largest absolute Gasteiger partial charge is 0.496 e. The first-order chi connectivity index (χ1) is 16.9. The lowest BCUT2D eigenvalue weighted by molar-refractivity contribution is 0.102. The molecule has 1 amide bonds. The minimum Gasteiger partial charge on any atom is -0.496 e. The van der Waals surface area contributed by atoms with E-state index < -0.39 is 18.0 Å². The number of benzene rings is 1. The van der Waals surface area contributed by atoms with Crippen molar-refractivity contribution in [2.24, 2.45) is 0 Å². The highest BCUT2D eigenvalue weighted by Crippen LogP contribution is 2.37. The van der Waals surface area contributed by atoms with Gasteiger partial charge in [-0.25, -0.2) is 23.3 Å². The molecule has 0 atom stereocenters. The maximum absolute atomic E-state index is 13.1. The fraction of sp³-hybridized carbons (Fsp3) is 0.0952. The summed E-state index contributed by atoms with van der Waals surface area (Å²) < 4.78 is 32.8. The molecule has 0 saturated heterocycles. The second kappa shape index (κ2) is 9.21. The number of aromatic amines is 1. The normalized spacial score (nSPS) is 11.4. The molecule has 0 unspecified atom stereocenters. The van der Waals surface area contributed by atoms with Crippen LogP contribution < -0.4 is 10.1 Å². The maximum Gasteiger partial charge on any atom is 0.282 e. The van der Waals surface area contributed by atoms with Crippen LogP contribution in [0.15, 0.2) is 42.6 Å². The zero-order valence-corrected chi connectivity index (χ0v) is 19.9. The standard InChI is InChI=1S/C21H13Cl2F2N7O2S/c1-34-12-5-3-2-4-10(12)19-28-14-7-9(6-13(22)32(14)31-19)27-20(33)15-11(8-26-30-15)21-29-16(18(24)25)17(23)35-21/h2-8,18H,1H3,(H,26,30)(H,27,33). The van der Waals surface area contributed by atoms with Gasteiger partial charge in [0.05, 0.1) is 24.4 Å². The number of alkyl halides is 2. The van der Waals surface area contributed by atoms with Crippen molar-refractivity contribution in [2.45, 2.75) is 6.43 Å². The molecule has 0 radical (unpaired) electrons. The van der Waals surface area contributed by atoms with Crippen molar-refractivity contribution in [1.82, 2.24) is 29.8 Å². The Hall–Kier alpha value is -3.61. The van der Waals surface area contributed by atoms with Crippen molar-refractivity contribution in [3.8, 4) is 27.7 Å². The molecular weight excluding hydrogens is 523 g/mol. The number of ether oxygens (including phenoxy) is 1. The minimum absolute atomic E-state index is 0.0170. The van der Waals surface area contributed by atoms with Gasteiger partial charge in [0.25, 0.3) is 12.3 Å². The van der Waals surface area contributed by atoms with Crippen molar-refractivity contribution < 1.29 is 18.3 Å². The Balaban J connectivity index is 1.45. The number of hydrogen-bond acceptors (Lipinski definition) is 7. The Morgan fingerprint density at radius 3 is 2.74 bits per heavy atom. The number of carbonyl (C=O) groups excluding carboxylic acids is 1. The molecule has 0 spiro atoms. The number of pyridine rings is 1. The van der Waals surface area contributed by atoms with Crippen LogP contribution in [0.4, 0.5) is 14.5 Å². The van der Waals surface area contributed by atoms with Gasteiger partial charge in [-0.3, -0.25) is 9.89 Å². The van der Waals surface area contributed by atoms with Crippen LogP contribution in [0.2, 0.25) is 9.49 Å². The van der Waals surface area contributed by atoms with Crippen molar-refractivity contribution in [2.75, 3.05) is 12.4 Å². The van der Waals surface area contributed by atoms with Crippen LogP contribution in [-0.4, -0.2) is 42.8 Å². The van der Waals surface area contributed by atoms with E-state index in [0.717, 1.165) is 11.3 Å². The first-order valence-electron chi connectivity index (χ1n) is 9.85. The van der Waals surface area contributed by atoms with E-state index in [-0.39, 0.29) is 25.8 Å².